The van der Waals surface area contributed by atoms with E-state index >= 15 is 0 Å². The fraction of sp³-hybridized carbons (Fsp3) is 0.632. The number of amides is 1. The maximum Gasteiger partial charge on any atom is 0.275 e. The Hall–Kier alpha value is -1.58. The maximum atomic E-state index is 13.9. The molecule has 2 atom stereocenters. The summed E-state index contributed by atoms with van der Waals surface area (Å²) in [6.45, 7) is 3.80. The van der Waals surface area contributed by atoms with E-state index in [4.69, 9.17) is 0 Å². The first-order valence-corrected chi connectivity index (χ1v) is 11.3. The van der Waals surface area contributed by atoms with Crippen molar-refractivity contribution in [3.05, 3.63) is 29.8 Å². The van der Waals surface area contributed by atoms with Gasteiger partial charge in [0.15, 0.2) is 6.54 Å². The second-order valence-electron chi connectivity index (χ2n) is 7.84. The highest BCUT2D eigenvalue weighted by atomic mass is 32.2. The minimum Gasteiger partial charge on any atom is -0.348 e. The van der Waals surface area contributed by atoms with Crippen molar-refractivity contribution in [2.45, 2.75) is 43.5 Å². The van der Waals surface area contributed by atoms with Crippen LogP contribution in [-0.2, 0) is 14.8 Å². The monoisotopic (exact) mass is 416 g/mol. The van der Waals surface area contributed by atoms with E-state index in [1.165, 1.54) is 10.7 Å². The molecule has 156 valence electrons. The average Bonchev–Trinajstić information content (AvgIpc) is 2.64. The van der Waals surface area contributed by atoms with Gasteiger partial charge in [-0.3, -0.25) is 4.79 Å². The Morgan fingerprint density at radius 2 is 1.89 bits per heavy atom. The topological polar surface area (TPSA) is 70.9 Å². The second-order valence-corrected chi connectivity index (χ2v) is 9.75. The summed E-state index contributed by atoms with van der Waals surface area (Å²) in [4.78, 5) is 12.8. The van der Waals surface area contributed by atoms with Gasteiger partial charge in [0.25, 0.3) is 5.91 Å². The van der Waals surface area contributed by atoms with E-state index in [2.05, 4.69) is 12.2 Å². The van der Waals surface area contributed by atoms with E-state index in [9.17, 15) is 22.0 Å². The number of benzene rings is 1. The third-order valence-corrected chi connectivity index (χ3v) is 7.74. The van der Waals surface area contributed by atoms with E-state index in [-0.39, 0.29) is 25.0 Å². The van der Waals surface area contributed by atoms with Gasteiger partial charge in [0.2, 0.25) is 10.0 Å². The molecule has 6 nitrogen and oxygen atoms in total. The summed E-state index contributed by atoms with van der Waals surface area (Å²) in [7, 11) is -4.01. The van der Waals surface area contributed by atoms with Gasteiger partial charge < -0.3 is 10.2 Å². The molecule has 2 aliphatic rings. The second kappa shape index (κ2) is 8.84. The number of sulfonamides is 1. The molecule has 0 aromatic heterocycles. The summed E-state index contributed by atoms with van der Waals surface area (Å²) >= 11 is 0. The molecule has 1 amide bonds. The molecule has 1 aliphatic heterocycles. The molecular weight excluding hydrogens is 388 g/mol. The minimum absolute atomic E-state index is 0.00497. The lowest BCUT2D eigenvalue weighted by atomic mass is 9.86. The van der Waals surface area contributed by atoms with Crippen molar-refractivity contribution in [1.29, 1.82) is 0 Å². The number of quaternary nitrogens is 1. The Bertz CT molecular complexity index is 811. The zero-order valence-corrected chi connectivity index (χ0v) is 16.9. The molecule has 0 unspecified atom stereocenters. The number of piperazine rings is 1. The Morgan fingerprint density at radius 1 is 1.21 bits per heavy atom. The van der Waals surface area contributed by atoms with E-state index < -0.39 is 26.6 Å². The first-order valence-electron chi connectivity index (χ1n) is 9.85. The van der Waals surface area contributed by atoms with Gasteiger partial charge in [-0.25, -0.2) is 17.2 Å². The number of rotatable bonds is 5. The van der Waals surface area contributed by atoms with Crippen LogP contribution in [0.1, 0.15) is 32.6 Å². The van der Waals surface area contributed by atoms with Gasteiger partial charge in [0.05, 0.1) is 26.2 Å². The molecule has 28 heavy (non-hydrogen) atoms. The standard InChI is InChI=1S/C19H27F2N3O3S/c1-14-4-2-3-5-17(14)22-19(25)13-23-8-10-24(11-9-23)28(26,27)18-7-6-15(20)12-16(18)21/h6-7,12,14,17H,2-5,8-11,13H2,1H3,(H,22,25)/p+1/t14-,17+/m1/s1. The summed E-state index contributed by atoms with van der Waals surface area (Å²) < 4.78 is 53.4. The summed E-state index contributed by atoms with van der Waals surface area (Å²) in [5.74, 6) is -1.42. The van der Waals surface area contributed by atoms with Crippen molar-refractivity contribution in [3.8, 4) is 0 Å². The van der Waals surface area contributed by atoms with Crippen molar-refractivity contribution in [1.82, 2.24) is 9.62 Å². The lowest BCUT2D eigenvalue weighted by Gasteiger charge is -2.33. The maximum absolute atomic E-state index is 13.9. The van der Waals surface area contributed by atoms with Gasteiger partial charge in [-0.15, -0.1) is 0 Å². The number of halogens is 2. The first-order chi connectivity index (χ1) is 13.3. The predicted molar refractivity (Wildman–Crippen MR) is 100 cm³/mol. The normalized spacial score (nSPS) is 24.8. The smallest absolute Gasteiger partial charge is 0.275 e. The number of carbonyl (C=O) groups is 1. The van der Waals surface area contributed by atoms with Crippen molar-refractivity contribution in [3.63, 3.8) is 0 Å². The van der Waals surface area contributed by atoms with Crippen LogP contribution in [0.3, 0.4) is 0 Å². The van der Waals surface area contributed by atoms with E-state index in [1.54, 1.807) is 0 Å². The fourth-order valence-electron chi connectivity index (χ4n) is 4.06. The third kappa shape index (κ3) is 4.87. The van der Waals surface area contributed by atoms with Crippen LogP contribution in [0.4, 0.5) is 8.78 Å². The van der Waals surface area contributed by atoms with Crippen LogP contribution in [0.2, 0.25) is 0 Å². The van der Waals surface area contributed by atoms with E-state index in [0.717, 1.165) is 36.3 Å². The quantitative estimate of drug-likeness (QED) is 0.737. The van der Waals surface area contributed by atoms with E-state index in [1.807, 2.05) is 0 Å². The molecule has 2 fully saturated rings. The number of hydrogen-bond donors (Lipinski definition) is 2. The zero-order chi connectivity index (χ0) is 20.3. The Balaban J connectivity index is 1.53. The predicted octanol–water partition coefficient (Wildman–Crippen LogP) is 0.549. The van der Waals surface area contributed by atoms with Crippen LogP contribution < -0.4 is 10.2 Å². The highest BCUT2D eigenvalue weighted by Crippen LogP contribution is 2.23. The molecule has 0 bridgehead atoms. The molecule has 1 aliphatic carbocycles. The van der Waals surface area contributed by atoms with Crippen molar-refractivity contribution < 1.29 is 26.9 Å². The highest BCUT2D eigenvalue weighted by molar-refractivity contribution is 7.89. The molecule has 3 rings (SSSR count). The third-order valence-electron chi connectivity index (χ3n) is 5.81. The lowest BCUT2D eigenvalue weighted by molar-refractivity contribution is -0.895. The molecule has 0 spiro atoms. The van der Waals surface area contributed by atoms with Gasteiger partial charge in [-0.2, -0.15) is 4.31 Å². The molecule has 1 saturated heterocycles. The Labute approximate surface area is 164 Å². The van der Waals surface area contributed by atoms with Crippen molar-refractivity contribution >= 4 is 15.9 Å². The van der Waals surface area contributed by atoms with Gasteiger partial charge in [0.1, 0.15) is 16.5 Å². The van der Waals surface area contributed by atoms with Gasteiger partial charge in [-0.1, -0.05) is 19.8 Å². The molecule has 1 heterocycles. The molecule has 0 radical (unpaired) electrons. The van der Waals surface area contributed by atoms with Crippen LogP contribution in [0.5, 0.6) is 0 Å². The van der Waals surface area contributed by atoms with Gasteiger partial charge in [-0.05, 0) is 30.9 Å². The molecular formula is C19H28F2N3O3S+. The van der Waals surface area contributed by atoms with Crippen LogP contribution in [0, 0.1) is 17.6 Å². The highest BCUT2D eigenvalue weighted by Gasteiger charge is 2.33. The number of hydrogen-bond acceptors (Lipinski definition) is 3. The molecule has 1 saturated carbocycles. The van der Waals surface area contributed by atoms with E-state index in [0.29, 0.717) is 31.6 Å². The van der Waals surface area contributed by atoms with Gasteiger partial charge >= 0.3 is 0 Å². The first kappa shape index (κ1) is 21.1. The number of nitrogens with one attached hydrogen (secondary N) is 2. The number of carbonyl (C=O) groups excluding carboxylic acids is 1. The molecule has 9 heteroatoms. The lowest BCUT2D eigenvalue weighted by Crippen LogP contribution is -3.15. The Kier molecular flexibility index (Phi) is 6.67. The zero-order valence-electron chi connectivity index (χ0n) is 16.1. The summed E-state index contributed by atoms with van der Waals surface area (Å²) in [5.41, 5.74) is 0. The molecule has 1 aromatic rings. The van der Waals surface area contributed by atoms with Crippen LogP contribution in [-0.4, -0.2) is 57.4 Å². The average molecular weight is 417 g/mol. The Morgan fingerprint density at radius 3 is 2.54 bits per heavy atom. The van der Waals surface area contributed by atoms with Crippen LogP contribution in [0.25, 0.3) is 0 Å². The number of nitrogens with zero attached hydrogens (tertiary/aromatic N) is 1. The summed E-state index contributed by atoms with van der Waals surface area (Å²) in [6, 6.07) is 2.70. The van der Waals surface area contributed by atoms with Crippen molar-refractivity contribution in [2.75, 3.05) is 32.7 Å². The summed E-state index contributed by atoms with van der Waals surface area (Å²) in [6.07, 6.45) is 4.49. The van der Waals surface area contributed by atoms with Gasteiger partial charge in [0, 0.05) is 12.1 Å². The van der Waals surface area contributed by atoms with Crippen LogP contribution in [0.15, 0.2) is 23.1 Å². The fourth-order valence-corrected chi connectivity index (χ4v) is 5.55. The van der Waals surface area contributed by atoms with Crippen LogP contribution >= 0.6 is 0 Å². The minimum atomic E-state index is -4.01. The molecule has 1 aromatic carbocycles. The van der Waals surface area contributed by atoms with Crippen molar-refractivity contribution in [2.24, 2.45) is 5.92 Å². The largest absolute Gasteiger partial charge is 0.348 e. The SMILES string of the molecule is C[C@@H]1CCCC[C@@H]1NC(=O)C[NH+]1CCN(S(=O)(=O)c2ccc(F)cc2F)CC1. The summed E-state index contributed by atoms with van der Waals surface area (Å²) in [5, 5.41) is 3.12. The molecule has 2 N–H and O–H groups in total.